The van der Waals surface area contributed by atoms with Gasteiger partial charge in [0.1, 0.15) is 12.1 Å². The van der Waals surface area contributed by atoms with Crippen molar-refractivity contribution < 1.29 is 17.9 Å². The molecule has 1 aliphatic rings. The van der Waals surface area contributed by atoms with Crippen LogP contribution in [0.3, 0.4) is 0 Å². The number of nitrogens with one attached hydrogen (secondary N) is 1. The molecule has 0 atom stereocenters. The molecule has 0 aliphatic carbocycles. The smallest absolute Gasteiger partial charge is 0.222 e. The first-order valence-corrected chi connectivity index (χ1v) is 8.43. The zero-order valence-electron chi connectivity index (χ0n) is 13.5. The highest BCUT2D eigenvalue weighted by molar-refractivity contribution is 7.70. The monoisotopic (exact) mass is 360 g/mol. The minimum absolute atomic E-state index is 0.451. The van der Waals surface area contributed by atoms with Crippen LogP contribution in [0.4, 0.5) is 5.82 Å². The average Bonchev–Trinajstić information content (AvgIpc) is 2.84. The van der Waals surface area contributed by atoms with Crippen LogP contribution in [-0.4, -0.2) is 32.6 Å². The first kappa shape index (κ1) is 16.8. The van der Waals surface area contributed by atoms with Gasteiger partial charge in [0, 0.05) is 29.5 Å². The number of anilines is 1. The van der Waals surface area contributed by atoms with E-state index in [-0.39, 0.29) is 0 Å². The predicted molar refractivity (Wildman–Crippen MR) is 94.9 cm³/mol. The summed E-state index contributed by atoms with van der Waals surface area (Å²) in [5.41, 5.74) is 1.15. The lowest BCUT2D eigenvalue weighted by Gasteiger charge is -2.17. The van der Waals surface area contributed by atoms with Gasteiger partial charge in [-0.1, -0.05) is 0 Å². The maximum atomic E-state index is 10.8. The van der Waals surface area contributed by atoms with Gasteiger partial charge in [0.2, 0.25) is 10.9 Å². The SMILES string of the molecule is COc1cc2ncnc(N3C=CC=C(N[SH](=O)=O)C=C3)c2cc1OC. The molecule has 0 amide bonds. The van der Waals surface area contributed by atoms with Crippen LogP contribution in [0, 0.1) is 0 Å². The molecule has 1 aromatic heterocycles. The second-order valence-electron chi connectivity index (χ2n) is 4.98. The van der Waals surface area contributed by atoms with Crippen LogP contribution in [-0.2, 0) is 10.9 Å². The Labute approximate surface area is 146 Å². The Morgan fingerprint density at radius 2 is 1.84 bits per heavy atom. The van der Waals surface area contributed by atoms with E-state index in [0.717, 1.165) is 5.39 Å². The van der Waals surface area contributed by atoms with Crippen molar-refractivity contribution in [3.8, 4) is 11.5 Å². The van der Waals surface area contributed by atoms with Crippen molar-refractivity contribution in [2.75, 3.05) is 19.1 Å². The Bertz CT molecular complexity index is 958. The number of hydrogen-bond donors (Lipinski definition) is 2. The maximum Gasteiger partial charge on any atom is 0.222 e. The maximum absolute atomic E-state index is 10.8. The highest BCUT2D eigenvalue weighted by atomic mass is 32.2. The van der Waals surface area contributed by atoms with E-state index < -0.39 is 10.9 Å². The number of aromatic nitrogens is 2. The number of methoxy groups -OCH3 is 2. The van der Waals surface area contributed by atoms with Crippen molar-refractivity contribution in [2.24, 2.45) is 0 Å². The van der Waals surface area contributed by atoms with E-state index in [9.17, 15) is 8.42 Å². The number of benzene rings is 1. The van der Waals surface area contributed by atoms with Gasteiger partial charge in [-0.15, -0.1) is 0 Å². The third-order valence-corrected chi connectivity index (χ3v) is 3.96. The summed E-state index contributed by atoms with van der Waals surface area (Å²) < 4.78 is 34.6. The molecule has 0 saturated heterocycles. The van der Waals surface area contributed by atoms with E-state index in [1.54, 1.807) is 61.9 Å². The van der Waals surface area contributed by atoms with E-state index in [0.29, 0.717) is 28.5 Å². The molecule has 0 spiro atoms. The molecule has 1 N–H and O–H groups in total. The van der Waals surface area contributed by atoms with Gasteiger partial charge in [0.15, 0.2) is 11.5 Å². The van der Waals surface area contributed by atoms with Crippen LogP contribution in [0.1, 0.15) is 0 Å². The number of ether oxygens (including phenoxy) is 2. The van der Waals surface area contributed by atoms with Crippen LogP contribution in [0.2, 0.25) is 0 Å². The van der Waals surface area contributed by atoms with Crippen LogP contribution in [0.15, 0.2) is 54.8 Å². The third-order valence-electron chi connectivity index (χ3n) is 3.52. The fourth-order valence-electron chi connectivity index (χ4n) is 2.40. The van der Waals surface area contributed by atoms with Gasteiger partial charge in [-0.05, 0) is 24.3 Å². The zero-order valence-corrected chi connectivity index (χ0v) is 14.4. The van der Waals surface area contributed by atoms with Gasteiger partial charge < -0.3 is 14.4 Å². The first-order valence-electron chi connectivity index (χ1n) is 7.25. The zero-order chi connectivity index (χ0) is 17.8. The second kappa shape index (κ2) is 7.22. The van der Waals surface area contributed by atoms with Crippen LogP contribution in [0.25, 0.3) is 10.9 Å². The topological polar surface area (TPSA) is 93.7 Å². The normalized spacial score (nSPS) is 13.7. The van der Waals surface area contributed by atoms with E-state index in [1.807, 2.05) is 0 Å². The molecule has 0 radical (unpaired) electrons. The van der Waals surface area contributed by atoms with Crippen molar-refractivity contribution in [3.63, 3.8) is 0 Å². The molecular formula is C16H16N4O4S. The molecule has 0 bridgehead atoms. The lowest BCUT2D eigenvalue weighted by Crippen LogP contribution is -2.11. The van der Waals surface area contributed by atoms with Crippen LogP contribution < -0.4 is 19.1 Å². The summed E-state index contributed by atoms with van der Waals surface area (Å²) in [4.78, 5) is 10.4. The molecule has 8 nitrogen and oxygen atoms in total. The number of thiol groups is 1. The summed E-state index contributed by atoms with van der Waals surface area (Å²) in [5, 5.41) is 0.765. The lowest BCUT2D eigenvalue weighted by atomic mass is 10.2. The molecule has 130 valence electrons. The van der Waals surface area contributed by atoms with Crippen molar-refractivity contribution in [3.05, 3.63) is 54.8 Å². The van der Waals surface area contributed by atoms with E-state index in [4.69, 9.17) is 9.47 Å². The Kier molecular flexibility index (Phi) is 4.85. The van der Waals surface area contributed by atoms with Gasteiger partial charge >= 0.3 is 0 Å². The molecular weight excluding hydrogens is 344 g/mol. The minimum Gasteiger partial charge on any atom is -0.493 e. The van der Waals surface area contributed by atoms with Crippen LogP contribution >= 0.6 is 0 Å². The first-order chi connectivity index (χ1) is 12.1. The van der Waals surface area contributed by atoms with Crippen molar-refractivity contribution >= 4 is 27.6 Å². The number of nitrogens with zero attached hydrogens (tertiary/aromatic N) is 3. The third kappa shape index (κ3) is 3.56. The summed E-state index contributed by atoms with van der Waals surface area (Å²) in [6.07, 6.45) is 9.93. The highest BCUT2D eigenvalue weighted by Crippen LogP contribution is 2.35. The largest absolute Gasteiger partial charge is 0.493 e. The molecule has 1 aliphatic heterocycles. The van der Waals surface area contributed by atoms with Gasteiger partial charge in [-0.25, -0.2) is 18.4 Å². The molecule has 1 aromatic carbocycles. The quantitative estimate of drug-likeness (QED) is 0.780. The van der Waals surface area contributed by atoms with Crippen molar-refractivity contribution in [1.29, 1.82) is 0 Å². The Hall–Kier alpha value is -3.07. The lowest BCUT2D eigenvalue weighted by molar-refractivity contribution is 0.356. The second-order valence-corrected chi connectivity index (χ2v) is 5.71. The molecule has 9 heteroatoms. The Balaban J connectivity index is 2.04. The van der Waals surface area contributed by atoms with E-state index >= 15 is 0 Å². The van der Waals surface area contributed by atoms with E-state index in [2.05, 4.69) is 14.7 Å². The number of allylic oxidation sites excluding steroid dienone is 3. The highest BCUT2D eigenvalue weighted by Gasteiger charge is 2.14. The van der Waals surface area contributed by atoms with E-state index in [1.165, 1.54) is 6.33 Å². The van der Waals surface area contributed by atoms with Crippen molar-refractivity contribution in [2.45, 2.75) is 0 Å². The molecule has 0 unspecified atom stereocenters. The average molecular weight is 360 g/mol. The summed E-state index contributed by atoms with van der Waals surface area (Å²) >= 11 is 0. The summed E-state index contributed by atoms with van der Waals surface area (Å²) in [5.74, 6) is 1.77. The van der Waals surface area contributed by atoms with Crippen molar-refractivity contribution in [1.82, 2.24) is 14.7 Å². The fourth-order valence-corrected chi connectivity index (χ4v) is 2.76. The molecule has 0 saturated carbocycles. The van der Waals surface area contributed by atoms with Gasteiger partial charge in [0.05, 0.1) is 19.7 Å². The fraction of sp³-hybridized carbons (Fsp3) is 0.125. The standard InChI is InChI=1S/C16H16N4O4S/c1-23-14-8-12-13(9-15(14)24-2)17-10-18-16(12)20-6-3-4-11(5-7-20)19-25(21)22/h3-10,25H,1-2H3,(H,19,21,22). The van der Waals surface area contributed by atoms with Gasteiger partial charge in [0.25, 0.3) is 0 Å². The van der Waals surface area contributed by atoms with Gasteiger partial charge in [-0.2, -0.15) is 0 Å². The molecule has 25 heavy (non-hydrogen) atoms. The Morgan fingerprint density at radius 1 is 1.08 bits per heavy atom. The number of rotatable bonds is 5. The number of hydrogen-bond acceptors (Lipinski definition) is 7. The van der Waals surface area contributed by atoms with Gasteiger partial charge in [-0.3, -0.25) is 4.72 Å². The predicted octanol–water partition coefficient (Wildman–Crippen LogP) is 1.49. The number of fused-ring (bicyclic) bond motifs is 1. The molecule has 2 heterocycles. The minimum atomic E-state index is -2.72. The molecule has 2 aromatic rings. The Morgan fingerprint density at radius 3 is 2.56 bits per heavy atom. The summed E-state index contributed by atoms with van der Waals surface area (Å²) in [7, 11) is 0.401. The van der Waals surface area contributed by atoms with Crippen LogP contribution in [0.5, 0.6) is 11.5 Å². The molecule has 3 rings (SSSR count). The summed E-state index contributed by atoms with van der Waals surface area (Å²) in [6, 6.07) is 3.58. The molecule has 0 fully saturated rings. The summed E-state index contributed by atoms with van der Waals surface area (Å²) in [6.45, 7) is 0.